The fourth-order valence-electron chi connectivity index (χ4n) is 2.20. The largest absolute Gasteiger partial charge is 0.192 e. The molecule has 0 aromatic heterocycles. The average Bonchev–Trinajstić information content (AvgIpc) is 2.47. The Hall–Kier alpha value is -2.07. The van der Waals surface area contributed by atoms with E-state index in [4.69, 9.17) is 5.26 Å². The van der Waals surface area contributed by atoms with Gasteiger partial charge in [-0.3, -0.25) is 0 Å². The van der Waals surface area contributed by atoms with Crippen LogP contribution in [0, 0.1) is 11.3 Å². The van der Waals surface area contributed by atoms with Gasteiger partial charge >= 0.3 is 0 Å². The van der Waals surface area contributed by atoms with Crippen LogP contribution < -0.4 is 0 Å². The molecule has 0 atom stereocenters. The molecule has 0 saturated heterocycles. The quantitative estimate of drug-likeness (QED) is 0.775. The van der Waals surface area contributed by atoms with E-state index in [9.17, 15) is 0 Å². The van der Waals surface area contributed by atoms with Gasteiger partial charge in [-0.25, -0.2) is 0 Å². The molecule has 19 heavy (non-hydrogen) atoms. The Morgan fingerprint density at radius 1 is 0.737 bits per heavy atom. The molecule has 1 heteroatoms. The van der Waals surface area contributed by atoms with Gasteiger partial charge in [0.25, 0.3) is 0 Å². The Morgan fingerprint density at radius 2 is 1.16 bits per heavy atom. The van der Waals surface area contributed by atoms with Crippen LogP contribution in [0.1, 0.15) is 35.6 Å². The molecular weight excluding hydrogens is 230 g/mol. The molecule has 1 nitrogen and oxygen atoms in total. The lowest BCUT2D eigenvalue weighted by atomic mass is 10.0. The Bertz CT molecular complexity index is 544. The van der Waals surface area contributed by atoms with E-state index in [0.29, 0.717) is 0 Å². The van der Waals surface area contributed by atoms with Gasteiger partial charge < -0.3 is 0 Å². The highest BCUT2D eigenvalue weighted by Crippen LogP contribution is 2.11. The summed E-state index contributed by atoms with van der Waals surface area (Å²) in [5.74, 6) is 0. The summed E-state index contributed by atoms with van der Waals surface area (Å²) in [6, 6.07) is 18.9. The van der Waals surface area contributed by atoms with E-state index in [1.165, 1.54) is 23.1 Å². The van der Waals surface area contributed by atoms with Crippen LogP contribution in [-0.2, 0) is 19.3 Å². The van der Waals surface area contributed by atoms with E-state index in [2.05, 4.69) is 37.3 Å². The zero-order chi connectivity index (χ0) is 13.5. The van der Waals surface area contributed by atoms with E-state index < -0.39 is 0 Å². The maximum Gasteiger partial charge on any atom is 0.0991 e. The predicted molar refractivity (Wildman–Crippen MR) is 79.0 cm³/mol. The van der Waals surface area contributed by atoms with Gasteiger partial charge in [-0.05, 0) is 48.1 Å². The smallest absolute Gasteiger partial charge is 0.0991 e. The van der Waals surface area contributed by atoms with Gasteiger partial charge in [-0.15, -0.1) is 0 Å². The normalized spacial score (nSPS) is 10.1. The van der Waals surface area contributed by atoms with Crippen molar-refractivity contribution in [2.24, 2.45) is 0 Å². The molecule has 0 aliphatic heterocycles. The molecule has 2 aromatic rings. The minimum atomic E-state index is 0.729. The number of nitriles is 1. The zero-order valence-electron chi connectivity index (χ0n) is 11.4. The summed E-state index contributed by atoms with van der Waals surface area (Å²) in [5.41, 5.74) is 4.82. The molecule has 0 amide bonds. The zero-order valence-corrected chi connectivity index (χ0v) is 11.4. The number of nitrogens with zero attached hydrogens (tertiary/aromatic N) is 1. The lowest BCUT2D eigenvalue weighted by Gasteiger charge is -2.04. The van der Waals surface area contributed by atoms with Crippen molar-refractivity contribution >= 4 is 0 Å². The minimum absolute atomic E-state index is 0.729. The first-order valence-corrected chi connectivity index (χ1v) is 6.88. The van der Waals surface area contributed by atoms with Gasteiger partial charge in [0.05, 0.1) is 11.6 Å². The standard InChI is InChI=1S/C18H19N/c1-2-3-15-4-6-16(7-5-15)8-9-17-10-12-18(14-19)13-11-17/h4-7,10-13H,2-3,8-9H2,1H3. The Morgan fingerprint density at radius 3 is 1.58 bits per heavy atom. The van der Waals surface area contributed by atoms with E-state index in [0.717, 1.165) is 24.8 Å². The topological polar surface area (TPSA) is 23.8 Å². The first-order valence-electron chi connectivity index (χ1n) is 6.88. The van der Waals surface area contributed by atoms with E-state index in [1.807, 2.05) is 24.3 Å². The molecule has 2 rings (SSSR count). The summed E-state index contributed by atoms with van der Waals surface area (Å²) < 4.78 is 0. The van der Waals surface area contributed by atoms with Crippen LogP contribution in [0.3, 0.4) is 0 Å². The molecule has 96 valence electrons. The lowest BCUT2D eigenvalue weighted by molar-refractivity contribution is 0.914. The van der Waals surface area contributed by atoms with Crippen LogP contribution in [-0.4, -0.2) is 0 Å². The minimum Gasteiger partial charge on any atom is -0.192 e. The third-order valence-corrected chi connectivity index (χ3v) is 3.35. The van der Waals surface area contributed by atoms with Crippen molar-refractivity contribution in [3.05, 3.63) is 70.8 Å². The highest BCUT2D eigenvalue weighted by atomic mass is 14.2. The predicted octanol–water partition coefficient (Wildman–Crippen LogP) is 4.30. The number of hydrogen-bond acceptors (Lipinski definition) is 1. The highest BCUT2D eigenvalue weighted by molar-refractivity contribution is 5.32. The summed E-state index contributed by atoms with van der Waals surface area (Å²) in [6.45, 7) is 2.21. The van der Waals surface area contributed by atoms with Gasteiger partial charge in [0.15, 0.2) is 0 Å². The molecule has 0 N–H and O–H groups in total. The highest BCUT2D eigenvalue weighted by Gasteiger charge is 1.97. The molecule has 2 aromatic carbocycles. The Balaban J connectivity index is 1.92. The van der Waals surface area contributed by atoms with Gasteiger partial charge in [0, 0.05) is 0 Å². The van der Waals surface area contributed by atoms with Gasteiger partial charge in [0.2, 0.25) is 0 Å². The summed E-state index contributed by atoms with van der Waals surface area (Å²) in [7, 11) is 0. The maximum absolute atomic E-state index is 8.76. The van der Waals surface area contributed by atoms with Gasteiger partial charge in [-0.2, -0.15) is 5.26 Å². The van der Waals surface area contributed by atoms with Crippen LogP contribution in [0.25, 0.3) is 0 Å². The van der Waals surface area contributed by atoms with Crippen LogP contribution in [0.15, 0.2) is 48.5 Å². The van der Waals surface area contributed by atoms with Crippen LogP contribution in [0.4, 0.5) is 0 Å². The van der Waals surface area contributed by atoms with Crippen molar-refractivity contribution in [3.8, 4) is 6.07 Å². The molecule has 0 aliphatic rings. The van der Waals surface area contributed by atoms with Crippen LogP contribution >= 0.6 is 0 Å². The number of benzene rings is 2. The third kappa shape index (κ3) is 3.96. The van der Waals surface area contributed by atoms with Crippen molar-refractivity contribution < 1.29 is 0 Å². The molecule has 0 unspecified atom stereocenters. The van der Waals surface area contributed by atoms with Crippen molar-refractivity contribution in [3.63, 3.8) is 0 Å². The van der Waals surface area contributed by atoms with Crippen molar-refractivity contribution in [2.75, 3.05) is 0 Å². The second-order valence-electron chi connectivity index (χ2n) is 4.88. The van der Waals surface area contributed by atoms with E-state index >= 15 is 0 Å². The SMILES string of the molecule is CCCc1ccc(CCc2ccc(C#N)cc2)cc1. The number of aryl methyl sites for hydroxylation is 3. The van der Waals surface area contributed by atoms with Crippen LogP contribution in [0.5, 0.6) is 0 Å². The molecule has 0 bridgehead atoms. The molecule has 0 aliphatic carbocycles. The molecule has 0 saturated carbocycles. The monoisotopic (exact) mass is 249 g/mol. The third-order valence-electron chi connectivity index (χ3n) is 3.35. The first-order chi connectivity index (χ1) is 9.31. The maximum atomic E-state index is 8.76. The van der Waals surface area contributed by atoms with Crippen molar-refractivity contribution in [2.45, 2.75) is 32.6 Å². The molecule has 0 fully saturated rings. The fraction of sp³-hybridized carbons (Fsp3) is 0.278. The average molecular weight is 249 g/mol. The Labute approximate surface area is 115 Å². The summed E-state index contributed by atoms with van der Waals surface area (Å²) in [5, 5.41) is 8.76. The Kier molecular flexibility index (Phi) is 4.75. The van der Waals surface area contributed by atoms with Gasteiger partial charge in [-0.1, -0.05) is 49.7 Å². The fourth-order valence-corrected chi connectivity index (χ4v) is 2.20. The van der Waals surface area contributed by atoms with Gasteiger partial charge in [0.1, 0.15) is 0 Å². The van der Waals surface area contributed by atoms with E-state index in [-0.39, 0.29) is 0 Å². The van der Waals surface area contributed by atoms with Crippen molar-refractivity contribution in [1.82, 2.24) is 0 Å². The van der Waals surface area contributed by atoms with E-state index in [1.54, 1.807) is 0 Å². The number of rotatable bonds is 5. The number of hydrogen-bond donors (Lipinski definition) is 0. The lowest BCUT2D eigenvalue weighted by Crippen LogP contribution is -1.92. The molecule has 0 spiro atoms. The second-order valence-corrected chi connectivity index (χ2v) is 4.88. The molecule has 0 radical (unpaired) electrons. The summed E-state index contributed by atoms with van der Waals surface area (Å²) >= 11 is 0. The second kappa shape index (κ2) is 6.75. The summed E-state index contributed by atoms with van der Waals surface area (Å²) in [6.07, 6.45) is 4.44. The molecule has 0 heterocycles. The first kappa shape index (κ1) is 13.4. The summed E-state index contributed by atoms with van der Waals surface area (Å²) in [4.78, 5) is 0. The van der Waals surface area contributed by atoms with Crippen LogP contribution in [0.2, 0.25) is 0 Å². The molecular formula is C18H19N. The van der Waals surface area contributed by atoms with Crippen molar-refractivity contribution in [1.29, 1.82) is 5.26 Å².